The number of nitrogens with zero attached hydrogens (tertiary/aromatic N) is 2. The largest absolute Gasteiger partial charge is 0.494 e. The first-order valence-electron chi connectivity index (χ1n) is 6.69. The van der Waals surface area contributed by atoms with Crippen molar-refractivity contribution >= 4 is 11.3 Å². The third kappa shape index (κ3) is 3.36. The monoisotopic (exact) mass is 291 g/mol. The van der Waals surface area contributed by atoms with Crippen LogP contribution < -0.4 is 10.5 Å². The van der Waals surface area contributed by atoms with Gasteiger partial charge in [0.2, 0.25) is 0 Å². The van der Waals surface area contributed by atoms with Gasteiger partial charge in [0, 0.05) is 11.9 Å². The zero-order valence-electron chi connectivity index (χ0n) is 12.2. The van der Waals surface area contributed by atoms with Crippen LogP contribution in [0.4, 0.5) is 0 Å². The highest BCUT2D eigenvalue weighted by Gasteiger charge is 2.20. The molecule has 0 bridgehead atoms. The summed E-state index contributed by atoms with van der Waals surface area (Å²) in [5, 5.41) is 3.09. The summed E-state index contributed by atoms with van der Waals surface area (Å²) in [7, 11) is 4.11. The van der Waals surface area contributed by atoms with Crippen molar-refractivity contribution < 1.29 is 4.74 Å². The second-order valence-electron chi connectivity index (χ2n) is 4.75. The van der Waals surface area contributed by atoms with Crippen LogP contribution in [0.3, 0.4) is 0 Å². The van der Waals surface area contributed by atoms with Crippen molar-refractivity contribution in [3.63, 3.8) is 0 Å². The standard InChI is InChI=1S/C15H21N3OS/c1-4-19-13-7-5-6-11(8-13)14(18(2)3)15-17-12(9-16)10-20-15/h5-8,10,14H,4,9,16H2,1-3H3. The van der Waals surface area contributed by atoms with Gasteiger partial charge in [-0.1, -0.05) is 12.1 Å². The van der Waals surface area contributed by atoms with E-state index in [9.17, 15) is 0 Å². The summed E-state index contributed by atoms with van der Waals surface area (Å²) in [5.74, 6) is 0.896. The van der Waals surface area contributed by atoms with Crippen LogP contribution in [-0.4, -0.2) is 30.6 Å². The fourth-order valence-corrected chi connectivity index (χ4v) is 3.20. The van der Waals surface area contributed by atoms with E-state index in [0.717, 1.165) is 16.5 Å². The van der Waals surface area contributed by atoms with Crippen LogP contribution in [0, 0.1) is 0 Å². The van der Waals surface area contributed by atoms with Gasteiger partial charge < -0.3 is 10.5 Å². The first-order valence-corrected chi connectivity index (χ1v) is 7.57. The topological polar surface area (TPSA) is 51.4 Å². The molecular weight excluding hydrogens is 270 g/mol. The van der Waals surface area contributed by atoms with Gasteiger partial charge in [-0.25, -0.2) is 4.98 Å². The Morgan fingerprint density at radius 2 is 2.20 bits per heavy atom. The van der Waals surface area contributed by atoms with Crippen molar-refractivity contribution in [1.82, 2.24) is 9.88 Å². The summed E-state index contributed by atoms with van der Waals surface area (Å²) in [6.07, 6.45) is 0. The molecule has 1 heterocycles. The van der Waals surface area contributed by atoms with Gasteiger partial charge in [-0.3, -0.25) is 4.90 Å². The van der Waals surface area contributed by atoms with Gasteiger partial charge in [0.25, 0.3) is 0 Å². The van der Waals surface area contributed by atoms with E-state index < -0.39 is 0 Å². The van der Waals surface area contributed by atoms with Gasteiger partial charge in [0.1, 0.15) is 10.8 Å². The Kier molecular flexibility index (Phi) is 5.11. The quantitative estimate of drug-likeness (QED) is 0.889. The fraction of sp³-hybridized carbons (Fsp3) is 0.400. The van der Waals surface area contributed by atoms with E-state index in [1.165, 1.54) is 5.56 Å². The Morgan fingerprint density at radius 1 is 1.40 bits per heavy atom. The van der Waals surface area contributed by atoms with Gasteiger partial charge in [0.15, 0.2) is 0 Å². The summed E-state index contributed by atoms with van der Waals surface area (Å²) in [6, 6.07) is 8.32. The summed E-state index contributed by atoms with van der Waals surface area (Å²) in [6.45, 7) is 3.14. The minimum Gasteiger partial charge on any atom is -0.494 e. The Balaban J connectivity index is 2.35. The third-order valence-corrected chi connectivity index (χ3v) is 3.96. The summed E-state index contributed by atoms with van der Waals surface area (Å²) < 4.78 is 5.58. The van der Waals surface area contributed by atoms with Crippen molar-refractivity contribution in [2.45, 2.75) is 19.5 Å². The van der Waals surface area contributed by atoms with E-state index in [2.05, 4.69) is 36.1 Å². The van der Waals surface area contributed by atoms with E-state index in [0.29, 0.717) is 13.2 Å². The SMILES string of the molecule is CCOc1cccc(C(c2nc(CN)cs2)N(C)C)c1. The molecule has 2 aromatic rings. The molecule has 0 saturated carbocycles. The van der Waals surface area contributed by atoms with Crippen molar-refractivity contribution in [2.75, 3.05) is 20.7 Å². The maximum atomic E-state index is 5.65. The van der Waals surface area contributed by atoms with Crippen LogP contribution in [0.5, 0.6) is 5.75 Å². The molecular formula is C15H21N3OS. The average Bonchev–Trinajstić information content (AvgIpc) is 2.88. The lowest BCUT2D eigenvalue weighted by Crippen LogP contribution is -2.21. The summed E-state index contributed by atoms with van der Waals surface area (Å²) >= 11 is 1.65. The van der Waals surface area contributed by atoms with E-state index in [1.54, 1.807) is 11.3 Å². The number of ether oxygens (including phenoxy) is 1. The molecule has 0 amide bonds. The molecule has 1 atom stereocenters. The zero-order valence-corrected chi connectivity index (χ0v) is 13.0. The van der Waals surface area contributed by atoms with Gasteiger partial charge in [-0.2, -0.15) is 0 Å². The lowest BCUT2D eigenvalue weighted by atomic mass is 10.1. The number of thiazole rings is 1. The molecule has 0 aliphatic heterocycles. The molecule has 1 aromatic carbocycles. The molecule has 0 aliphatic carbocycles. The molecule has 0 fully saturated rings. The molecule has 1 aromatic heterocycles. The molecule has 5 heteroatoms. The minimum absolute atomic E-state index is 0.126. The normalized spacial score (nSPS) is 12.7. The molecule has 2 N–H and O–H groups in total. The number of rotatable bonds is 6. The molecule has 0 spiro atoms. The zero-order chi connectivity index (χ0) is 14.5. The minimum atomic E-state index is 0.126. The average molecular weight is 291 g/mol. The second-order valence-corrected chi connectivity index (χ2v) is 5.64. The highest BCUT2D eigenvalue weighted by Crippen LogP contribution is 2.31. The van der Waals surface area contributed by atoms with Gasteiger partial charge in [-0.05, 0) is 38.7 Å². The highest BCUT2D eigenvalue weighted by atomic mass is 32.1. The smallest absolute Gasteiger partial charge is 0.119 e. The summed E-state index contributed by atoms with van der Waals surface area (Å²) in [4.78, 5) is 6.77. The molecule has 1 unspecified atom stereocenters. The lowest BCUT2D eigenvalue weighted by Gasteiger charge is -2.23. The number of hydrogen-bond donors (Lipinski definition) is 1. The van der Waals surface area contributed by atoms with Gasteiger partial charge in [-0.15, -0.1) is 11.3 Å². The first-order chi connectivity index (χ1) is 9.65. The van der Waals surface area contributed by atoms with Crippen LogP contribution in [0.1, 0.15) is 29.2 Å². The number of aromatic nitrogens is 1. The van der Waals surface area contributed by atoms with Crippen LogP contribution in [0.2, 0.25) is 0 Å². The van der Waals surface area contributed by atoms with Crippen molar-refractivity contribution in [1.29, 1.82) is 0 Å². The molecule has 108 valence electrons. The molecule has 4 nitrogen and oxygen atoms in total. The molecule has 20 heavy (non-hydrogen) atoms. The number of hydrogen-bond acceptors (Lipinski definition) is 5. The van der Waals surface area contributed by atoms with E-state index in [-0.39, 0.29) is 6.04 Å². The number of benzene rings is 1. The molecule has 2 rings (SSSR count). The second kappa shape index (κ2) is 6.83. The summed E-state index contributed by atoms with van der Waals surface area (Å²) in [5.41, 5.74) is 7.77. The van der Waals surface area contributed by atoms with E-state index in [1.807, 2.05) is 24.4 Å². The first kappa shape index (κ1) is 15.0. The van der Waals surface area contributed by atoms with E-state index >= 15 is 0 Å². The Bertz CT molecular complexity index is 554. The van der Waals surface area contributed by atoms with Crippen LogP contribution in [0.25, 0.3) is 0 Å². The fourth-order valence-electron chi connectivity index (χ4n) is 2.14. The van der Waals surface area contributed by atoms with Crippen LogP contribution in [0.15, 0.2) is 29.6 Å². The van der Waals surface area contributed by atoms with Crippen molar-refractivity contribution in [2.24, 2.45) is 5.73 Å². The van der Waals surface area contributed by atoms with Crippen LogP contribution >= 0.6 is 11.3 Å². The molecule has 0 aliphatic rings. The number of nitrogens with two attached hydrogens (primary N) is 1. The highest BCUT2D eigenvalue weighted by molar-refractivity contribution is 7.09. The predicted octanol–water partition coefficient (Wildman–Crippen LogP) is 2.65. The van der Waals surface area contributed by atoms with Crippen molar-refractivity contribution in [3.05, 3.63) is 45.9 Å². The maximum absolute atomic E-state index is 5.65. The Labute approximate surface area is 124 Å². The van der Waals surface area contributed by atoms with Crippen molar-refractivity contribution in [3.8, 4) is 5.75 Å². The van der Waals surface area contributed by atoms with Crippen LogP contribution in [-0.2, 0) is 6.54 Å². The predicted molar refractivity (Wildman–Crippen MR) is 83.1 cm³/mol. The molecule has 0 saturated heterocycles. The Hall–Kier alpha value is -1.43. The maximum Gasteiger partial charge on any atom is 0.119 e. The van der Waals surface area contributed by atoms with Gasteiger partial charge >= 0.3 is 0 Å². The lowest BCUT2D eigenvalue weighted by molar-refractivity contribution is 0.329. The van der Waals surface area contributed by atoms with Gasteiger partial charge in [0.05, 0.1) is 18.3 Å². The van der Waals surface area contributed by atoms with E-state index in [4.69, 9.17) is 10.5 Å². The third-order valence-electron chi connectivity index (χ3n) is 3.01. The Morgan fingerprint density at radius 3 is 2.80 bits per heavy atom. The molecule has 0 radical (unpaired) electrons.